The fourth-order valence-corrected chi connectivity index (χ4v) is 3.80. The van der Waals surface area contributed by atoms with Gasteiger partial charge in [0.15, 0.2) is 0 Å². The number of ether oxygens (including phenoxy) is 1. The summed E-state index contributed by atoms with van der Waals surface area (Å²) >= 11 is 0. The highest BCUT2D eigenvalue weighted by molar-refractivity contribution is 5.84. The summed E-state index contributed by atoms with van der Waals surface area (Å²) in [5.41, 5.74) is 3.46. The van der Waals surface area contributed by atoms with Gasteiger partial charge in [0.1, 0.15) is 11.5 Å². The van der Waals surface area contributed by atoms with Crippen LogP contribution in [0.25, 0.3) is 0 Å². The van der Waals surface area contributed by atoms with E-state index in [0.29, 0.717) is 29.2 Å². The Kier molecular flexibility index (Phi) is 6.46. The van der Waals surface area contributed by atoms with Gasteiger partial charge in [-0.3, -0.25) is 0 Å². The van der Waals surface area contributed by atoms with Crippen molar-refractivity contribution >= 4 is 24.1 Å². The number of hydrogen-bond acceptors (Lipinski definition) is 9. The number of hydrazone groups is 1. The van der Waals surface area contributed by atoms with Gasteiger partial charge in [0, 0.05) is 31.7 Å². The lowest BCUT2D eigenvalue weighted by Crippen LogP contribution is -2.34. The Balaban J connectivity index is 1.56. The first-order chi connectivity index (χ1) is 14.7. The quantitative estimate of drug-likeness (QED) is 0.553. The topological polar surface area (TPSA) is 99.0 Å². The third kappa shape index (κ3) is 4.90. The lowest BCUT2D eigenvalue weighted by atomic mass is 10.1. The van der Waals surface area contributed by atoms with Crippen LogP contribution in [0.2, 0.25) is 0 Å². The molecule has 2 fully saturated rings. The molecule has 2 N–H and O–H groups in total. The molecule has 0 unspecified atom stereocenters. The number of phenols is 1. The van der Waals surface area contributed by atoms with Crippen molar-refractivity contribution < 1.29 is 9.84 Å². The molecular weight excluding hydrogens is 382 g/mol. The molecule has 0 aliphatic carbocycles. The summed E-state index contributed by atoms with van der Waals surface area (Å²) in [7, 11) is 1.58. The largest absolute Gasteiger partial charge is 0.507 e. The number of aromatic nitrogens is 3. The zero-order valence-corrected chi connectivity index (χ0v) is 17.4. The zero-order chi connectivity index (χ0) is 20.8. The lowest BCUT2D eigenvalue weighted by Gasteiger charge is -2.30. The van der Waals surface area contributed by atoms with Crippen LogP contribution in [0.4, 0.5) is 17.8 Å². The molecule has 0 radical (unpaired) electrons. The molecule has 2 aromatic rings. The molecule has 2 aliphatic rings. The van der Waals surface area contributed by atoms with Crippen LogP contribution in [-0.2, 0) is 0 Å². The normalized spacial score (nSPS) is 17.4. The van der Waals surface area contributed by atoms with Crippen molar-refractivity contribution in [2.75, 3.05) is 48.5 Å². The first-order valence-electron chi connectivity index (χ1n) is 10.6. The molecule has 3 heterocycles. The van der Waals surface area contributed by atoms with Crippen molar-refractivity contribution in [3.05, 3.63) is 23.8 Å². The van der Waals surface area contributed by atoms with Crippen molar-refractivity contribution in [2.45, 2.75) is 38.5 Å². The number of nitrogens with one attached hydrogen (secondary N) is 1. The van der Waals surface area contributed by atoms with Gasteiger partial charge in [-0.25, -0.2) is 5.43 Å². The smallest absolute Gasteiger partial charge is 0.250 e. The predicted molar refractivity (Wildman–Crippen MR) is 118 cm³/mol. The van der Waals surface area contributed by atoms with Crippen molar-refractivity contribution in [2.24, 2.45) is 5.10 Å². The molecule has 0 saturated carbocycles. The highest BCUT2D eigenvalue weighted by Gasteiger charge is 2.20. The van der Waals surface area contributed by atoms with E-state index in [-0.39, 0.29) is 5.75 Å². The van der Waals surface area contributed by atoms with Gasteiger partial charge in [0.25, 0.3) is 0 Å². The van der Waals surface area contributed by atoms with Gasteiger partial charge >= 0.3 is 0 Å². The Hall–Kier alpha value is -3.10. The number of piperidine rings is 2. The molecule has 30 heavy (non-hydrogen) atoms. The molecule has 4 rings (SSSR count). The SMILES string of the molecule is COc1ccc(O)c(/C=N\Nc2nc(N3CCCCC3)nc(N3CCCCC3)n2)c1. The minimum absolute atomic E-state index is 0.125. The number of rotatable bonds is 6. The van der Waals surface area contributed by atoms with Crippen molar-refractivity contribution in [1.29, 1.82) is 0 Å². The number of benzene rings is 1. The summed E-state index contributed by atoms with van der Waals surface area (Å²) in [6, 6.07) is 4.99. The van der Waals surface area contributed by atoms with Gasteiger partial charge < -0.3 is 19.6 Å². The average molecular weight is 412 g/mol. The van der Waals surface area contributed by atoms with E-state index >= 15 is 0 Å². The minimum Gasteiger partial charge on any atom is -0.507 e. The summed E-state index contributed by atoms with van der Waals surface area (Å²) in [6.07, 6.45) is 8.64. The number of nitrogens with zero attached hydrogens (tertiary/aromatic N) is 6. The highest BCUT2D eigenvalue weighted by atomic mass is 16.5. The fraction of sp³-hybridized carbons (Fsp3) is 0.524. The third-order valence-corrected chi connectivity index (χ3v) is 5.49. The van der Waals surface area contributed by atoms with E-state index in [1.165, 1.54) is 19.1 Å². The van der Waals surface area contributed by atoms with Crippen LogP contribution in [0.15, 0.2) is 23.3 Å². The Morgan fingerprint density at radius 1 is 0.933 bits per heavy atom. The van der Waals surface area contributed by atoms with Crippen molar-refractivity contribution in [3.63, 3.8) is 0 Å². The summed E-state index contributed by atoms with van der Waals surface area (Å²) in [5.74, 6) is 2.58. The average Bonchev–Trinajstić information content (AvgIpc) is 2.81. The molecule has 2 saturated heterocycles. The van der Waals surface area contributed by atoms with Crippen LogP contribution < -0.4 is 20.0 Å². The summed E-state index contributed by atoms with van der Waals surface area (Å²) in [6.45, 7) is 3.85. The Bertz CT molecular complexity index is 841. The van der Waals surface area contributed by atoms with Crippen LogP contribution in [0.3, 0.4) is 0 Å². The van der Waals surface area contributed by atoms with E-state index in [2.05, 4.69) is 30.3 Å². The van der Waals surface area contributed by atoms with E-state index in [0.717, 1.165) is 51.9 Å². The van der Waals surface area contributed by atoms with Gasteiger partial charge in [-0.2, -0.15) is 20.1 Å². The maximum atomic E-state index is 10.0. The Morgan fingerprint density at radius 3 is 2.10 bits per heavy atom. The maximum Gasteiger partial charge on any atom is 0.250 e. The molecule has 1 aromatic carbocycles. The zero-order valence-electron chi connectivity index (χ0n) is 17.4. The molecule has 9 heteroatoms. The highest BCUT2D eigenvalue weighted by Crippen LogP contribution is 2.23. The molecule has 2 aliphatic heterocycles. The fourth-order valence-electron chi connectivity index (χ4n) is 3.80. The Labute approximate surface area is 176 Å². The predicted octanol–water partition coefficient (Wildman–Crippen LogP) is 3.01. The second-order valence-electron chi connectivity index (χ2n) is 7.65. The van der Waals surface area contributed by atoms with E-state index in [1.54, 1.807) is 25.3 Å². The van der Waals surface area contributed by atoms with Gasteiger partial charge in [-0.15, -0.1) is 0 Å². The molecule has 0 spiro atoms. The summed E-state index contributed by atoms with van der Waals surface area (Å²) in [4.78, 5) is 18.4. The van der Waals surface area contributed by atoms with Crippen LogP contribution >= 0.6 is 0 Å². The van der Waals surface area contributed by atoms with Crippen LogP contribution in [0.5, 0.6) is 11.5 Å². The van der Waals surface area contributed by atoms with Crippen LogP contribution in [0, 0.1) is 0 Å². The number of phenolic OH excluding ortho intramolecular Hbond substituents is 1. The molecule has 1 aromatic heterocycles. The van der Waals surface area contributed by atoms with E-state index in [1.807, 2.05) is 0 Å². The second-order valence-corrected chi connectivity index (χ2v) is 7.65. The molecule has 160 valence electrons. The first kappa shape index (κ1) is 20.2. The van der Waals surface area contributed by atoms with Gasteiger partial charge in [-0.1, -0.05) is 0 Å². The third-order valence-electron chi connectivity index (χ3n) is 5.49. The van der Waals surface area contributed by atoms with Gasteiger partial charge in [0.2, 0.25) is 17.8 Å². The number of anilines is 3. The van der Waals surface area contributed by atoms with Crippen molar-refractivity contribution in [3.8, 4) is 11.5 Å². The standard InChI is InChI=1S/C21H29N7O2/c1-30-17-8-9-18(29)16(14-17)15-22-26-19-23-20(27-10-4-2-5-11-27)25-21(24-19)28-12-6-3-7-13-28/h8-9,14-15,29H,2-7,10-13H2,1H3,(H,23,24,25,26)/b22-15-. The van der Waals surface area contributed by atoms with E-state index in [4.69, 9.17) is 9.72 Å². The van der Waals surface area contributed by atoms with Gasteiger partial charge in [-0.05, 0) is 56.7 Å². The first-order valence-corrected chi connectivity index (χ1v) is 10.6. The van der Waals surface area contributed by atoms with Gasteiger partial charge in [0.05, 0.1) is 13.3 Å². The number of hydrogen-bond donors (Lipinski definition) is 2. The number of methoxy groups -OCH3 is 1. The lowest BCUT2D eigenvalue weighted by molar-refractivity contribution is 0.412. The molecule has 9 nitrogen and oxygen atoms in total. The maximum absolute atomic E-state index is 10.0. The van der Waals surface area contributed by atoms with Crippen molar-refractivity contribution in [1.82, 2.24) is 15.0 Å². The number of aromatic hydroxyl groups is 1. The minimum atomic E-state index is 0.125. The van der Waals surface area contributed by atoms with E-state index in [9.17, 15) is 5.11 Å². The monoisotopic (exact) mass is 411 g/mol. The van der Waals surface area contributed by atoms with E-state index < -0.39 is 0 Å². The molecular formula is C21H29N7O2. The molecule has 0 atom stereocenters. The second kappa shape index (κ2) is 9.60. The molecule has 0 amide bonds. The summed E-state index contributed by atoms with van der Waals surface area (Å²) < 4.78 is 5.20. The van der Waals surface area contributed by atoms with Crippen LogP contribution in [-0.4, -0.2) is 59.6 Å². The molecule has 0 bridgehead atoms. The summed E-state index contributed by atoms with van der Waals surface area (Å²) in [5, 5.41) is 14.3. The van der Waals surface area contributed by atoms with Crippen LogP contribution in [0.1, 0.15) is 44.1 Å². The Morgan fingerprint density at radius 2 is 1.53 bits per heavy atom.